The number of carbonyl (C=O) groups is 2. The summed E-state index contributed by atoms with van der Waals surface area (Å²) >= 11 is 7.41. The molecule has 0 fully saturated rings. The van der Waals surface area contributed by atoms with Crippen molar-refractivity contribution in [3.8, 4) is 0 Å². The molecular formula is C17H20ClN3O2S. The van der Waals surface area contributed by atoms with Crippen LogP contribution in [-0.2, 0) is 16.1 Å². The van der Waals surface area contributed by atoms with Gasteiger partial charge in [-0.3, -0.25) is 9.59 Å². The van der Waals surface area contributed by atoms with Gasteiger partial charge >= 0.3 is 11.8 Å². The molecule has 0 bridgehead atoms. The average Bonchev–Trinajstić information content (AvgIpc) is 3.08. The number of carbonyl (C=O) groups excluding carboxylic acids is 2. The Balaban J connectivity index is 1.82. The number of rotatable bonds is 6. The molecule has 0 aliphatic heterocycles. The van der Waals surface area contributed by atoms with Gasteiger partial charge in [0.05, 0.1) is 6.04 Å². The normalized spacial score (nSPS) is 12.0. The molecule has 7 heteroatoms. The van der Waals surface area contributed by atoms with Crippen molar-refractivity contribution in [3.63, 3.8) is 0 Å². The van der Waals surface area contributed by atoms with E-state index in [2.05, 4.69) is 10.6 Å². The zero-order valence-electron chi connectivity index (χ0n) is 13.6. The number of nitrogens with zero attached hydrogens (tertiary/aromatic N) is 1. The predicted octanol–water partition coefficient (Wildman–Crippen LogP) is 2.44. The number of nitrogens with one attached hydrogen (secondary N) is 2. The number of hydrogen-bond donors (Lipinski definition) is 2. The monoisotopic (exact) mass is 365 g/mol. The molecule has 128 valence electrons. The molecular weight excluding hydrogens is 346 g/mol. The second-order valence-corrected chi connectivity index (χ2v) is 6.77. The quantitative estimate of drug-likeness (QED) is 0.773. The minimum Gasteiger partial charge on any atom is -0.346 e. The van der Waals surface area contributed by atoms with Crippen molar-refractivity contribution in [1.82, 2.24) is 15.5 Å². The summed E-state index contributed by atoms with van der Waals surface area (Å²) in [5.41, 5.74) is 2.00. The number of hydrogen-bond acceptors (Lipinski definition) is 4. The van der Waals surface area contributed by atoms with Crippen molar-refractivity contribution < 1.29 is 9.59 Å². The van der Waals surface area contributed by atoms with Crippen molar-refractivity contribution in [2.24, 2.45) is 0 Å². The Morgan fingerprint density at radius 2 is 1.79 bits per heavy atom. The molecule has 24 heavy (non-hydrogen) atoms. The van der Waals surface area contributed by atoms with Crippen molar-refractivity contribution in [2.75, 3.05) is 20.6 Å². The third-order valence-electron chi connectivity index (χ3n) is 3.58. The van der Waals surface area contributed by atoms with Crippen LogP contribution in [-0.4, -0.2) is 37.4 Å². The van der Waals surface area contributed by atoms with Gasteiger partial charge in [-0.1, -0.05) is 23.7 Å². The Morgan fingerprint density at radius 3 is 2.38 bits per heavy atom. The van der Waals surface area contributed by atoms with E-state index in [0.29, 0.717) is 11.6 Å². The summed E-state index contributed by atoms with van der Waals surface area (Å²) in [6, 6.07) is 9.14. The first-order chi connectivity index (χ1) is 11.5. The molecule has 2 rings (SSSR count). The van der Waals surface area contributed by atoms with Gasteiger partial charge in [-0.25, -0.2) is 0 Å². The maximum Gasteiger partial charge on any atom is 0.309 e. The lowest BCUT2D eigenvalue weighted by Crippen LogP contribution is -2.42. The largest absolute Gasteiger partial charge is 0.346 e. The number of likely N-dealkylation sites (N-methyl/N-ethyl adjacent to an activating group) is 1. The molecule has 1 heterocycles. The van der Waals surface area contributed by atoms with Crippen molar-refractivity contribution in [1.29, 1.82) is 0 Å². The summed E-state index contributed by atoms with van der Waals surface area (Å²) in [6.07, 6.45) is 0. The van der Waals surface area contributed by atoms with Gasteiger partial charge in [0.2, 0.25) is 0 Å². The Kier molecular flexibility index (Phi) is 6.78. The minimum atomic E-state index is -0.646. The predicted molar refractivity (Wildman–Crippen MR) is 97.1 cm³/mol. The number of benzene rings is 1. The summed E-state index contributed by atoms with van der Waals surface area (Å²) in [6.45, 7) is 0.655. The summed E-state index contributed by atoms with van der Waals surface area (Å²) in [7, 11) is 3.88. The highest BCUT2D eigenvalue weighted by Gasteiger charge is 2.18. The molecule has 1 aromatic carbocycles. The van der Waals surface area contributed by atoms with Gasteiger partial charge in [0.1, 0.15) is 0 Å². The van der Waals surface area contributed by atoms with E-state index in [9.17, 15) is 9.59 Å². The molecule has 2 aromatic rings. The minimum absolute atomic E-state index is 0.0317. The number of thiophene rings is 1. The lowest BCUT2D eigenvalue weighted by molar-refractivity contribution is -0.139. The molecule has 1 aromatic heterocycles. The van der Waals surface area contributed by atoms with Gasteiger partial charge < -0.3 is 15.5 Å². The van der Waals surface area contributed by atoms with E-state index in [1.54, 1.807) is 35.6 Å². The van der Waals surface area contributed by atoms with E-state index in [0.717, 1.165) is 11.1 Å². The van der Waals surface area contributed by atoms with Crippen LogP contribution in [0.25, 0.3) is 0 Å². The molecule has 2 amide bonds. The lowest BCUT2D eigenvalue weighted by atomic mass is 10.1. The molecule has 2 N–H and O–H groups in total. The smallest absolute Gasteiger partial charge is 0.309 e. The fourth-order valence-corrected chi connectivity index (χ4v) is 3.03. The highest BCUT2D eigenvalue weighted by Crippen LogP contribution is 2.19. The Morgan fingerprint density at radius 1 is 1.12 bits per heavy atom. The van der Waals surface area contributed by atoms with Gasteiger partial charge in [-0.05, 0) is 54.2 Å². The maximum atomic E-state index is 12.0. The maximum absolute atomic E-state index is 12.0. The van der Waals surface area contributed by atoms with Gasteiger partial charge in [-0.15, -0.1) is 0 Å². The molecule has 0 aliphatic rings. The van der Waals surface area contributed by atoms with E-state index >= 15 is 0 Å². The van der Waals surface area contributed by atoms with E-state index < -0.39 is 11.8 Å². The van der Waals surface area contributed by atoms with Gasteiger partial charge in [0, 0.05) is 18.1 Å². The van der Waals surface area contributed by atoms with Crippen molar-refractivity contribution in [2.45, 2.75) is 12.6 Å². The third kappa shape index (κ3) is 5.33. The topological polar surface area (TPSA) is 61.4 Å². The van der Waals surface area contributed by atoms with Crippen LogP contribution in [0.3, 0.4) is 0 Å². The SMILES string of the molecule is CN(C)C(CNC(=O)C(=O)NCc1ccc(Cl)cc1)c1ccsc1. The first-order valence-corrected chi connectivity index (χ1v) is 8.78. The number of halogens is 1. The summed E-state index contributed by atoms with van der Waals surface area (Å²) in [5.74, 6) is -1.28. The highest BCUT2D eigenvalue weighted by molar-refractivity contribution is 7.07. The zero-order chi connectivity index (χ0) is 17.5. The van der Waals surface area contributed by atoms with Gasteiger partial charge in [0.15, 0.2) is 0 Å². The highest BCUT2D eigenvalue weighted by atomic mass is 35.5. The van der Waals surface area contributed by atoms with Crippen LogP contribution < -0.4 is 10.6 Å². The molecule has 0 aliphatic carbocycles. The van der Waals surface area contributed by atoms with Crippen LogP contribution >= 0.6 is 22.9 Å². The van der Waals surface area contributed by atoms with Crippen molar-refractivity contribution in [3.05, 3.63) is 57.2 Å². The molecule has 5 nitrogen and oxygen atoms in total. The standard InChI is InChI=1S/C17H20ClN3O2S/c1-21(2)15(13-7-8-24-11-13)10-20-17(23)16(22)19-9-12-3-5-14(18)6-4-12/h3-8,11,15H,9-10H2,1-2H3,(H,19,22)(H,20,23). The zero-order valence-corrected chi connectivity index (χ0v) is 15.2. The van der Waals surface area contributed by atoms with E-state index in [1.165, 1.54) is 0 Å². The van der Waals surface area contributed by atoms with Gasteiger partial charge in [-0.2, -0.15) is 11.3 Å². The van der Waals surface area contributed by atoms with Crippen LogP contribution in [0, 0.1) is 0 Å². The van der Waals surface area contributed by atoms with Crippen LogP contribution in [0.2, 0.25) is 5.02 Å². The molecule has 0 spiro atoms. The van der Waals surface area contributed by atoms with E-state index in [-0.39, 0.29) is 12.6 Å². The average molecular weight is 366 g/mol. The Labute approximate surface area is 150 Å². The Bertz CT molecular complexity index is 672. The Hall–Kier alpha value is -1.89. The van der Waals surface area contributed by atoms with Gasteiger partial charge in [0.25, 0.3) is 0 Å². The first kappa shape index (κ1) is 18.4. The van der Waals surface area contributed by atoms with Crippen LogP contribution in [0.1, 0.15) is 17.2 Å². The molecule has 0 saturated heterocycles. The fraction of sp³-hybridized carbons (Fsp3) is 0.294. The van der Waals surface area contributed by atoms with Crippen LogP contribution in [0.15, 0.2) is 41.1 Å². The fourth-order valence-electron chi connectivity index (χ4n) is 2.20. The number of amides is 2. The third-order valence-corrected chi connectivity index (χ3v) is 4.53. The second-order valence-electron chi connectivity index (χ2n) is 5.56. The van der Waals surface area contributed by atoms with Crippen molar-refractivity contribution >= 4 is 34.8 Å². The summed E-state index contributed by atoms with van der Waals surface area (Å²) in [5, 5.41) is 9.95. The summed E-state index contributed by atoms with van der Waals surface area (Å²) < 4.78 is 0. The molecule has 0 radical (unpaired) electrons. The molecule has 1 atom stereocenters. The van der Waals surface area contributed by atoms with E-state index in [4.69, 9.17) is 11.6 Å². The molecule has 0 saturated carbocycles. The second kappa shape index (κ2) is 8.82. The first-order valence-electron chi connectivity index (χ1n) is 7.46. The summed E-state index contributed by atoms with van der Waals surface area (Å²) in [4.78, 5) is 25.9. The van der Waals surface area contributed by atoms with Crippen LogP contribution in [0.5, 0.6) is 0 Å². The van der Waals surface area contributed by atoms with Crippen LogP contribution in [0.4, 0.5) is 0 Å². The van der Waals surface area contributed by atoms with E-state index in [1.807, 2.05) is 35.8 Å². The lowest BCUT2D eigenvalue weighted by Gasteiger charge is -2.23. The molecule has 1 unspecified atom stereocenters.